The molecule has 4 nitrogen and oxygen atoms in total. The van der Waals surface area contributed by atoms with E-state index in [1.807, 2.05) is 13.8 Å². The summed E-state index contributed by atoms with van der Waals surface area (Å²) in [5.41, 5.74) is 0. The molecule has 0 aliphatic carbocycles. The SMILES string of the molecule is CCOC(CCN=C=O)OCC. The van der Waals surface area contributed by atoms with Crippen molar-refractivity contribution in [2.24, 2.45) is 4.99 Å². The molecule has 0 unspecified atom stereocenters. The van der Waals surface area contributed by atoms with Crippen LogP contribution in [0.15, 0.2) is 4.99 Å². The summed E-state index contributed by atoms with van der Waals surface area (Å²) in [4.78, 5) is 13.1. The van der Waals surface area contributed by atoms with E-state index in [4.69, 9.17) is 9.47 Å². The molecule has 0 bridgehead atoms. The first-order valence-corrected chi connectivity index (χ1v) is 4.12. The largest absolute Gasteiger partial charge is 0.353 e. The Morgan fingerprint density at radius 3 is 2.33 bits per heavy atom. The van der Waals surface area contributed by atoms with Gasteiger partial charge in [0.1, 0.15) is 0 Å². The molecule has 0 saturated heterocycles. The van der Waals surface area contributed by atoms with Crippen LogP contribution in [0.4, 0.5) is 0 Å². The van der Waals surface area contributed by atoms with E-state index in [1.165, 1.54) is 6.08 Å². The molecule has 0 amide bonds. The molecule has 0 radical (unpaired) electrons. The summed E-state index contributed by atoms with van der Waals surface area (Å²) < 4.78 is 10.4. The molecule has 0 atom stereocenters. The van der Waals surface area contributed by atoms with E-state index in [1.54, 1.807) is 0 Å². The Morgan fingerprint density at radius 2 is 1.92 bits per heavy atom. The van der Waals surface area contributed by atoms with E-state index in [0.717, 1.165) is 0 Å². The Morgan fingerprint density at radius 1 is 1.33 bits per heavy atom. The second kappa shape index (κ2) is 8.40. The first kappa shape index (κ1) is 11.3. The van der Waals surface area contributed by atoms with Crippen molar-refractivity contribution in [1.82, 2.24) is 0 Å². The van der Waals surface area contributed by atoms with Crippen LogP contribution in [0.2, 0.25) is 0 Å². The average molecular weight is 173 g/mol. The fourth-order valence-electron chi connectivity index (χ4n) is 0.802. The van der Waals surface area contributed by atoms with Gasteiger partial charge in [0.25, 0.3) is 0 Å². The van der Waals surface area contributed by atoms with Crippen LogP contribution in [0, 0.1) is 0 Å². The number of hydrogen-bond donors (Lipinski definition) is 0. The monoisotopic (exact) mass is 173 g/mol. The number of nitrogens with zero attached hydrogens (tertiary/aromatic N) is 1. The fourth-order valence-corrected chi connectivity index (χ4v) is 0.802. The maximum absolute atomic E-state index is 9.73. The topological polar surface area (TPSA) is 47.9 Å². The van der Waals surface area contributed by atoms with Crippen molar-refractivity contribution in [3.8, 4) is 0 Å². The minimum absolute atomic E-state index is 0.239. The number of carbonyl (C=O) groups excluding carboxylic acids is 1. The van der Waals surface area contributed by atoms with Crippen LogP contribution >= 0.6 is 0 Å². The minimum atomic E-state index is -0.239. The quantitative estimate of drug-likeness (QED) is 0.329. The maximum atomic E-state index is 9.73. The highest BCUT2D eigenvalue weighted by Gasteiger charge is 2.05. The van der Waals surface area contributed by atoms with Crippen molar-refractivity contribution in [3.63, 3.8) is 0 Å². The molecule has 0 aromatic heterocycles. The summed E-state index contributed by atoms with van der Waals surface area (Å²) in [5, 5.41) is 0. The molecule has 12 heavy (non-hydrogen) atoms. The van der Waals surface area contributed by atoms with Gasteiger partial charge >= 0.3 is 0 Å². The Bertz CT molecular complexity index is 137. The number of aliphatic imine (C=N–C) groups is 1. The van der Waals surface area contributed by atoms with Crippen LogP contribution in [0.5, 0.6) is 0 Å². The molecular formula is C8H15NO3. The summed E-state index contributed by atoms with van der Waals surface area (Å²) in [6.45, 7) is 5.42. The summed E-state index contributed by atoms with van der Waals surface area (Å²) >= 11 is 0. The Hall–Kier alpha value is -0.700. The van der Waals surface area contributed by atoms with E-state index in [2.05, 4.69) is 4.99 Å². The van der Waals surface area contributed by atoms with Crippen LogP contribution < -0.4 is 0 Å². The summed E-state index contributed by atoms with van der Waals surface area (Å²) in [7, 11) is 0. The summed E-state index contributed by atoms with van der Waals surface area (Å²) in [6, 6.07) is 0. The highest BCUT2D eigenvalue weighted by molar-refractivity contribution is 5.32. The standard InChI is InChI=1S/C8H15NO3/c1-3-11-8(12-4-2)5-6-9-7-10/h8H,3-6H2,1-2H3. The zero-order valence-corrected chi connectivity index (χ0v) is 7.58. The lowest BCUT2D eigenvalue weighted by atomic mass is 10.4. The van der Waals surface area contributed by atoms with Crippen LogP contribution in [0.1, 0.15) is 20.3 Å². The van der Waals surface area contributed by atoms with Gasteiger partial charge in [-0.05, 0) is 13.8 Å². The van der Waals surface area contributed by atoms with Gasteiger partial charge < -0.3 is 9.47 Å². The van der Waals surface area contributed by atoms with E-state index < -0.39 is 0 Å². The summed E-state index contributed by atoms with van der Waals surface area (Å²) in [5.74, 6) is 0. The predicted octanol–water partition coefficient (Wildman–Crippen LogP) is 1.11. The molecule has 0 aliphatic heterocycles. The van der Waals surface area contributed by atoms with E-state index in [9.17, 15) is 4.79 Å². The highest BCUT2D eigenvalue weighted by atomic mass is 16.7. The highest BCUT2D eigenvalue weighted by Crippen LogP contribution is 2.00. The van der Waals surface area contributed by atoms with Crippen molar-refractivity contribution in [2.75, 3.05) is 19.8 Å². The second-order valence-electron chi connectivity index (χ2n) is 2.10. The Kier molecular flexibility index (Phi) is 7.91. The third kappa shape index (κ3) is 6.04. The van der Waals surface area contributed by atoms with Crippen LogP contribution in [0.25, 0.3) is 0 Å². The van der Waals surface area contributed by atoms with Gasteiger partial charge in [-0.15, -0.1) is 0 Å². The molecular weight excluding hydrogens is 158 g/mol. The maximum Gasteiger partial charge on any atom is 0.234 e. The molecule has 0 N–H and O–H groups in total. The molecule has 0 fully saturated rings. The Balaban J connectivity index is 3.54. The molecule has 0 aromatic rings. The summed E-state index contributed by atoms with van der Waals surface area (Å²) in [6.07, 6.45) is 1.84. The third-order valence-corrected chi connectivity index (χ3v) is 1.25. The van der Waals surface area contributed by atoms with Gasteiger partial charge in [-0.25, -0.2) is 9.79 Å². The first-order valence-electron chi connectivity index (χ1n) is 4.12. The second-order valence-corrected chi connectivity index (χ2v) is 2.10. The van der Waals surface area contributed by atoms with Gasteiger partial charge in [0, 0.05) is 19.6 Å². The molecule has 0 aliphatic rings. The number of hydrogen-bond acceptors (Lipinski definition) is 4. The van der Waals surface area contributed by atoms with E-state index in [-0.39, 0.29) is 6.29 Å². The lowest BCUT2D eigenvalue weighted by molar-refractivity contribution is -0.137. The van der Waals surface area contributed by atoms with E-state index >= 15 is 0 Å². The first-order chi connectivity index (χ1) is 5.85. The smallest absolute Gasteiger partial charge is 0.234 e. The van der Waals surface area contributed by atoms with Gasteiger partial charge in [0.15, 0.2) is 6.29 Å². The van der Waals surface area contributed by atoms with Gasteiger partial charge in [-0.1, -0.05) is 0 Å². The molecule has 70 valence electrons. The van der Waals surface area contributed by atoms with Crippen molar-refractivity contribution in [1.29, 1.82) is 0 Å². The third-order valence-electron chi connectivity index (χ3n) is 1.25. The molecule has 4 heteroatoms. The van der Waals surface area contributed by atoms with Crippen molar-refractivity contribution >= 4 is 6.08 Å². The lowest BCUT2D eigenvalue weighted by Crippen LogP contribution is -2.18. The minimum Gasteiger partial charge on any atom is -0.353 e. The fraction of sp³-hybridized carbons (Fsp3) is 0.875. The number of rotatable bonds is 7. The predicted molar refractivity (Wildman–Crippen MR) is 44.6 cm³/mol. The molecule has 0 saturated carbocycles. The van der Waals surface area contributed by atoms with Gasteiger partial charge in [0.2, 0.25) is 6.08 Å². The average Bonchev–Trinajstić information content (AvgIpc) is 2.06. The molecule has 0 spiro atoms. The molecule has 0 aromatic carbocycles. The van der Waals surface area contributed by atoms with Gasteiger partial charge in [-0.3, -0.25) is 0 Å². The number of ether oxygens (including phenoxy) is 2. The van der Waals surface area contributed by atoms with Crippen molar-refractivity contribution in [2.45, 2.75) is 26.6 Å². The zero-order chi connectivity index (χ0) is 9.23. The molecule has 0 heterocycles. The van der Waals surface area contributed by atoms with E-state index in [0.29, 0.717) is 26.2 Å². The number of isocyanates is 1. The van der Waals surface area contributed by atoms with Crippen molar-refractivity contribution in [3.05, 3.63) is 0 Å². The zero-order valence-electron chi connectivity index (χ0n) is 7.58. The van der Waals surface area contributed by atoms with Crippen LogP contribution in [0.3, 0.4) is 0 Å². The van der Waals surface area contributed by atoms with Crippen molar-refractivity contribution < 1.29 is 14.3 Å². The van der Waals surface area contributed by atoms with Gasteiger partial charge in [-0.2, -0.15) is 0 Å². The normalized spacial score (nSPS) is 9.92. The lowest BCUT2D eigenvalue weighted by Gasteiger charge is -2.14. The Labute approximate surface area is 72.6 Å². The van der Waals surface area contributed by atoms with Crippen LogP contribution in [-0.4, -0.2) is 32.1 Å². The molecule has 0 rings (SSSR count). The van der Waals surface area contributed by atoms with Gasteiger partial charge in [0.05, 0.1) is 6.54 Å². The van der Waals surface area contributed by atoms with Crippen LogP contribution in [-0.2, 0) is 14.3 Å².